The topological polar surface area (TPSA) is 0 Å². The maximum atomic E-state index is 13.8. The van der Waals surface area contributed by atoms with Crippen LogP contribution < -0.4 is 0 Å². The molecule has 0 bridgehead atoms. The number of rotatable bonds is 4. The molecular weight excluding hydrogens is 858 g/mol. The van der Waals surface area contributed by atoms with Crippen molar-refractivity contribution in [2.45, 2.75) is 182 Å². The van der Waals surface area contributed by atoms with Crippen molar-refractivity contribution in [2.75, 3.05) is 0 Å². The van der Waals surface area contributed by atoms with Crippen molar-refractivity contribution in [2.24, 2.45) is 23.7 Å². The van der Waals surface area contributed by atoms with Crippen molar-refractivity contribution in [3.05, 3.63) is 138 Å². The smallest absolute Gasteiger partial charge is 0.162 e. The van der Waals surface area contributed by atoms with E-state index in [4.69, 9.17) is 23.2 Å². The monoisotopic (exact) mass is 928 g/mol. The third kappa shape index (κ3) is 13.6. The molecule has 0 heterocycles. The van der Waals surface area contributed by atoms with Gasteiger partial charge in [0.2, 0.25) is 0 Å². The normalized spacial score (nSPS) is 25.8. The highest BCUT2D eigenvalue weighted by Gasteiger charge is 2.27. The van der Waals surface area contributed by atoms with E-state index in [1.54, 1.807) is 52.0 Å². The van der Waals surface area contributed by atoms with E-state index < -0.39 is 23.3 Å². The van der Waals surface area contributed by atoms with Crippen molar-refractivity contribution in [3.8, 4) is 0 Å². The fourth-order valence-corrected chi connectivity index (χ4v) is 10.9. The van der Waals surface area contributed by atoms with E-state index >= 15 is 0 Å². The summed E-state index contributed by atoms with van der Waals surface area (Å²) in [6.07, 6.45) is 17.9. The summed E-state index contributed by atoms with van der Waals surface area (Å²) in [6, 6.07) is 14.6. The van der Waals surface area contributed by atoms with E-state index in [9.17, 15) is 26.3 Å². The molecule has 64 heavy (non-hydrogen) atoms. The fourth-order valence-electron chi connectivity index (χ4n) is 10.2. The molecule has 0 aromatic heterocycles. The molecule has 4 aliphatic carbocycles. The third-order valence-corrected chi connectivity index (χ3v) is 15.8. The van der Waals surface area contributed by atoms with Gasteiger partial charge in [-0.3, -0.25) is 0 Å². The molecule has 0 spiro atoms. The number of halogens is 8. The van der Waals surface area contributed by atoms with Crippen LogP contribution in [0.15, 0.2) is 48.5 Å². The molecule has 0 unspecified atom stereocenters. The molecule has 4 saturated carbocycles. The molecule has 8 rings (SSSR count). The average Bonchev–Trinajstić information content (AvgIpc) is 3.28. The van der Waals surface area contributed by atoms with Gasteiger partial charge in [-0.25, -0.2) is 26.3 Å². The Balaban J connectivity index is 0.000000161. The first-order chi connectivity index (χ1) is 30.4. The second kappa shape index (κ2) is 24.2. The van der Waals surface area contributed by atoms with Gasteiger partial charge in [0.1, 0.15) is 11.6 Å². The van der Waals surface area contributed by atoms with Crippen molar-refractivity contribution >= 4 is 23.2 Å². The van der Waals surface area contributed by atoms with Gasteiger partial charge in [-0.2, -0.15) is 0 Å². The molecule has 0 N–H and O–H groups in total. The third-order valence-electron chi connectivity index (χ3n) is 15.0. The first-order valence-corrected chi connectivity index (χ1v) is 24.9. The van der Waals surface area contributed by atoms with Gasteiger partial charge in [0.25, 0.3) is 0 Å². The van der Waals surface area contributed by atoms with E-state index in [2.05, 4.69) is 27.7 Å². The molecule has 4 aliphatic rings. The first kappa shape index (κ1) is 52.0. The second-order valence-electron chi connectivity index (χ2n) is 20.2. The zero-order valence-corrected chi connectivity index (χ0v) is 41.1. The Bertz CT molecular complexity index is 1810. The lowest BCUT2D eigenvalue weighted by molar-refractivity contribution is 0.339. The van der Waals surface area contributed by atoms with Gasteiger partial charge in [0.15, 0.2) is 23.3 Å². The summed E-state index contributed by atoms with van der Waals surface area (Å²) in [7, 11) is 0. The summed E-state index contributed by atoms with van der Waals surface area (Å²) < 4.78 is 81.8. The highest BCUT2D eigenvalue weighted by molar-refractivity contribution is 6.32. The van der Waals surface area contributed by atoms with E-state index in [0.29, 0.717) is 55.3 Å². The summed E-state index contributed by atoms with van der Waals surface area (Å²) in [5.41, 5.74) is 5.24. The quantitative estimate of drug-likeness (QED) is 0.179. The Morgan fingerprint density at radius 1 is 0.297 bits per heavy atom. The van der Waals surface area contributed by atoms with Crippen LogP contribution in [-0.4, -0.2) is 0 Å². The van der Waals surface area contributed by atoms with Crippen LogP contribution in [-0.2, 0) is 0 Å². The summed E-state index contributed by atoms with van der Waals surface area (Å²) in [5, 5.41) is 0.694. The largest absolute Gasteiger partial charge is 0.205 e. The Morgan fingerprint density at radius 2 is 0.500 bits per heavy atom. The minimum Gasteiger partial charge on any atom is -0.205 e. The van der Waals surface area contributed by atoms with Gasteiger partial charge in [-0.05, 0) is 171 Å². The van der Waals surface area contributed by atoms with Gasteiger partial charge in [-0.15, -0.1) is 0 Å². The van der Waals surface area contributed by atoms with Crippen molar-refractivity contribution < 1.29 is 26.3 Å². The van der Waals surface area contributed by atoms with Gasteiger partial charge >= 0.3 is 0 Å². The zero-order chi connectivity index (χ0) is 46.8. The molecule has 0 nitrogen and oxygen atoms in total. The average molecular weight is 930 g/mol. The highest BCUT2D eigenvalue weighted by atomic mass is 35.5. The van der Waals surface area contributed by atoms with Gasteiger partial charge in [0.05, 0.1) is 10.0 Å². The van der Waals surface area contributed by atoms with E-state index in [1.165, 1.54) is 25.7 Å². The molecule has 0 radical (unpaired) electrons. The summed E-state index contributed by atoms with van der Waals surface area (Å²) >= 11 is 12.2. The van der Waals surface area contributed by atoms with Crippen LogP contribution in [0.25, 0.3) is 0 Å². The van der Waals surface area contributed by atoms with Crippen molar-refractivity contribution in [3.63, 3.8) is 0 Å². The Hall–Kier alpha value is -2.96. The maximum absolute atomic E-state index is 13.8. The van der Waals surface area contributed by atoms with Crippen LogP contribution in [0.4, 0.5) is 26.3 Å². The molecule has 0 amide bonds. The predicted molar refractivity (Wildman–Crippen MR) is 256 cm³/mol. The molecule has 4 fully saturated rings. The van der Waals surface area contributed by atoms with Crippen LogP contribution in [0, 0.1) is 86.3 Å². The number of hydrogen-bond acceptors (Lipinski definition) is 0. The minimum atomic E-state index is -0.670. The highest BCUT2D eigenvalue weighted by Crippen LogP contribution is 2.42. The second-order valence-corrected chi connectivity index (χ2v) is 21.0. The van der Waals surface area contributed by atoms with Crippen LogP contribution in [0.2, 0.25) is 10.0 Å². The standard InChI is InChI=1S/2C14H18ClF.2C14H18F2/c2*1-9-3-6-11(7-4-9)12-8-5-10(2)14(16)13(12)15;2*1-9-3-6-11(7-4-9)12-8-5-10(2)13(15)14(12)16/h4*5,8-9,11H,3-4,6-7H2,1-2H3. The van der Waals surface area contributed by atoms with E-state index in [-0.39, 0.29) is 23.5 Å². The van der Waals surface area contributed by atoms with Gasteiger partial charge in [0, 0.05) is 0 Å². The lowest BCUT2D eigenvalue weighted by Gasteiger charge is -2.27. The first-order valence-electron chi connectivity index (χ1n) is 24.2. The number of aryl methyl sites for hydroxylation is 4. The number of hydrogen-bond donors (Lipinski definition) is 0. The zero-order valence-electron chi connectivity index (χ0n) is 39.6. The molecule has 352 valence electrons. The van der Waals surface area contributed by atoms with E-state index in [1.807, 2.05) is 24.3 Å². The van der Waals surface area contributed by atoms with Crippen LogP contribution in [0.3, 0.4) is 0 Å². The summed E-state index contributed by atoms with van der Waals surface area (Å²) in [6.45, 7) is 15.7. The lowest BCUT2D eigenvalue weighted by Crippen LogP contribution is -2.13. The molecular formula is C56H72Cl2F6. The molecule has 0 saturated heterocycles. The van der Waals surface area contributed by atoms with Crippen molar-refractivity contribution in [1.29, 1.82) is 0 Å². The molecule has 4 aromatic carbocycles. The molecule has 0 aliphatic heterocycles. The Kier molecular flexibility index (Phi) is 19.6. The SMILES string of the molecule is Cc1ccc(C2CCC(C)CC2)c(Cl)c1F.Cc1ccc(C2CCC(C)CC2)c(Cl)c1F.Cc1ccc(C2CCC(C)CC2)c(F)c1F.Cc1ccc(C2CCC(C)CC2)c(F)c1F. The fraction of sp³-hybridized carbons (Fsp3) is 0.571. The van der Waals surface area contributed by atoms with E-state index in [0.717, 1.165) is 112 Å². The number of benzene rings is 4. The molecule has 0 atom stereocenters. The van der Waals surface area contributed by atoms with Crippen LogP contribution in [0.5, 0.6) is 0 Å². The predicted octanol–water partition coefficient (Wildman–Crippen LogP) is 19.3. The molecule has 8 heteroatoms. The van der Waals surface area contributed by atoms with Gasteiger partial charge in [-0.1, -0.05) is 151 Å². The Labute approximate surface area is 391 Å². The summed E-state index contributed by atoms with van der Waals surface area (Å²) in [4.78, 5) is 0. The van der Waals surface area contributed by atoms with Crippen LogP contribution >= 0.6 is 23.2 Å². The van der Waals surface area contributed by atoms with Gasteiger partial charge < -0.3 is 0 Å². The minimum absolute atomic E-state index is 0.214. The maximum Gasteiger partial charge on any atom is 0.162 e. The Morgan fingerprint density at radius 3 is 0.750 bits per heavy atom. The van der Waals surface area contributed by atoms with Crippen LogP contribution in [0.1, 0.15) is 199 Å². The van der Waals surface area contributed by atoms with Crippen molar-refractivity contribution in [1.82, 2.24) is 0 Å². The molecule has 4 aromatic rings. The lowest BCUT2D eigenvalue weighted by atomic mass is 9.79. The summed E-state index contributed by atoms with van der Waals surface area (Å²) in [5.74, 6) is 1.36.